The Morgan fingerprint density at radius 1 is 0.826 bits per heavy atom. The third-order valence-corrected chi connectivity index (χ3v) is 3.17. The molecule has 2 aromatic carbocycles. The second-order valence-corrected chi connectivity index (χ2v) is 4.65. The van der Waals surface area contributed by atoms with Gasteiger partial charge in [0.2, 0.25) is 11.2 Å². The smallest absolute Gasteiger partial charge is 0.238 e. The Morgan fingerprint density at radius 3 is 2.17 bits per heavy atom. The number of aromatic hydroxyl groups is 5. The molecule has 0 spiro atoms. The molecule has 3 aromatic rings. The van der Waals surface area contributed by atoms with E-state index in [2.05, 4.69) is 0 Å². The number of hydrogen-bond donors (Lipinski definition) is 5. The van der Waals surface area contributed by atoms with E-state index in [4.69, 9.17) is 4.42 Å². The summed E-state index contributed by atoms with van der Waals surface area (Å²) in [5, 5.41) is 47.6. The zero-order valence-corrected chi connectivity index (χ0v) is 15.3. The average molecular weight is 509 g/mol. The van der Waals surface area contributed by atoms with E-state index in [1.165, 1.54) is 6.07 Å². The van der Waals surface area contributed by atoms with Crippen LogP contribution in [0, 0.1) is 0 Å². The number of rotatable bonds is 1. The van der Waals surface area contributed by atoms with Gasteiger partial charge in [0.25, 0.3) is 0 Å². The first-order valence-corrected chi connectivity index (χ1v) is 6.12. The third kappa shape index (κ3) is 2.79. The van der Waals surface area contributed by atoms with Crippen LogP contribution in [0.25, 0.3) is 22.3 Å². The van der Waals surface area contributed by atoms with E-state index in [9.17, 15) is 30.3 Å². The van der Waals surface area contributed by atoms with Gasteiger partial charge in [-0.15, -0.1) is 0 Å². The minimum Gasteiger partial charge on any atom is -0.508 e. The van der Waals surface area contributed by atoms with Crippen LogP contribution < -0.4 is 5.43 Å². The van der Waals surface area contributed by atoms with E-state index in [-0.39, 0.29) is 61.1 Å². The molecule has 0 saturated heterocycles. The van der Waals surface area contributed by atoms with Gasteiger partial charge in [-0.25, -0.2) is 0 Å². The molecule has 23 heavy (non-hydrogen) atoms. The van der Waals surface area contributed by atoms with Gasteiger partial charge in [-0.2, -0.15) is 0 Å². The molecule has 4 radical (unpaired) electrons. The summed E-state index contributed by atoms with van der Waals surface area (Å²) in [6, 6.07) is 5.64. The predicted molar refractivity (Wildman–Crippen MR) is 82.0 cm³/mol. The van der Waals surface area contributed by atoms with Crippen LogP contribution in [0.5, 0.6) is 28.7 Å². The maximum absolute atomic E-state index is 12.1. The van der Waals surface area contributed by atoms with E-state index in [1.54, 1.807) is 0 Å². The summed E-state index contributed by atoms with van der Waals surface area (Å²) in [4.78, 5) is 12.1. The fourth-order valence-corrected chi connectivity index (χ4v) is 2.14. The number of benzene rings is 2. The molecule has 0 fully saturated rings. The maximum Gasteiger partial charge on any atom is 0.238 e. The molecule has 1 aromatic heterocycles. The molecule has 0 aliphatic heterocycles. The van der Waals surface area contributed by atoms with Crippen LogP contribution in [-0.4, -0.2) is 52.8 Å². The fraction of sp³-hybridized carbons (Fsp3) is 0. The van der Waals surface area contributed by atoms with Crippen LogP contribution in [0.4, 0.5) is 0 Å². The summed E-state index contributed by atoms with van der Waals surface area (Å²) >= 11 is 0. The monoisotopic (exact) mass is 510 g/mol. The van der Waals surface area contributed by atoms with Gasteiger partial charge in [0.1, 0.15) is 22.5 Å². The summed E-state index contributed by atoms with van der Waals surface area (Å²) in [7, 11) is 0. The van der Waals surface area contributed by atoms with Gasteiger partial charge in [-0.05, 0) is 18.2 Å². The van der Waals surface area contributed by atoms with Crippen LogP contribution in [0.2, 0.25) is 0 Å². The van der Waals surface area contributed by atoms with E-state index in [0.717, 1.165) is 24.3 Å². The normalized spacial score (nSPS) is 10.4. The SMILES string of the molecule is O=c1c(O)c(-c2ccc(O)c(O)c2)oc2cc(O)cc(O)c12.[Pb]. The van der Waals surface area contributed by atoms with Crippen LogP contribution in [-0.2, 0) is 0 Å². The minimum absolute atomic E-state index is 0. The van der Waals surface area contributed by atoms with Crippen LogP contribution >= 0.6 is 0 Å². The van der Waals surface area contributed by atoms with Crippen molar-refractivity contribution in [1.82, 2.24) is 0 Å². The van der Waals surface area contributed by atoms with E-state index in [0.29, 0.717) is 0 Å². The summed E-state index contributed by atoms with van der Waals surface area (Å²) in [6.07, 6.45) is 0. The largest absolute Gasteiger partial charge is 0.508 e. The summed E-state index contributed by atoms with van der Waals surface area (Å²) in [6.45, 7) is 0. The van der Waals surface area contributed by atoms with Crippen molar-refractivity contribution >= 4 is 38.3 Å². The molecule has 0 aliphatic carbocycles. The molecule has 0 atom stereocenters. The van der Waals surface area contributed by atoms with Crippen molar-refractivity contribution < 1.29 is 29.9 Å². The molecular weight excluding hydrogens is 499 g/mol. The Balaban J connectivity index is 0.00000192. The van der Waals surface area contributed by atoms with Crippen molar-refractivity contribution in [1.29, 1.82) is 0 Å². The van der Waals surface area contributed by atoms with Gasteiger partial charge in [-0.3, -0.25) is 4.79 Å². The van der Waals surface area contributed by atoms with Crippen molar-refractivity contribution in [2.45, 2.75) is 0 Å². The molecule has 0 aliphatic rings. The summed E-state index contributed by atoms with van der Waals surface area (Å²) in [5.74, 6) is -2.71. The van der Waals surface area contributed by atoms with Crippen molar-refractivity contribution in [2.75, 3.05) is 0 Å². The predicted octanol–water partition coefficient (Wildman–Crippen LogP) is 1.61. The van der Waals surface area contributed by atoms with Crippen molar-refractivity contribution in [2.24, 2.45) is 0 Å². The Labute approximate surface area is 148 Å². The van der Waals surface area contributed by atoms with Crippen LogP contribution in [0.1, 0.15) is 0 Å². The first kappa shape index (κ1) is 16.9. The Hall–Kier alpha value is -2.43. The standard InChI is InChI=1S/C15H10O7.Pb/c16-7-4-10(19)12-11(5-7)22-15(14(21)13(12)20)6-1-2-8(17)9(18)3-6;/h1-5,16-19,21H;. The second kappa shape index (κ2) is 5.99. The molecule has 0 saturated carbocycles. The van der Waals surface area contributed by atoms with E-state index < -0.39 is 22.7 Å². The molecule has 5 N–H and O–H groups in total. The fourth-order valence-electron chi connectivity index (χ4n) is 2.14. The van der Waals surface area contributed by atoms with Gasteiger partial charge < -0.3 is 29.9 Å². The Kier molecular flexibility index (Phi) is 4.41. The Morgan fingerprint density at radius 2 is 1.52 bits per heavy atom. The van der Waals surface area contributed by atoms with Gasteiger partial charge in [0.15, 0.2) is 17.3 Å². The zero-order chi connectivity index (χ0) is 16.0. The second-order valence-electron chi connectivity index (χ2n) is 4.65. The van der Waals surface area contributed by atoms with Gasteiger partial charge in [0.05, 0.1) is 0 Å². The quantitative estimate of drug-likeness (QED) is 0.249. The number of phenols is 4. The van der Waals surface area contributed by atoms with Gasteiger partial charge in [-0.1, -0.05) is 0 Å². The molecule has 1 heterocycles. The van der Waals surface area contributed by atoms with E-state index in [1.807, 2.05) is 0 Å². The summed E-state index contributed by atoms with van der Waals surface area (Å²) in [5.41, 5.74) is -0.890. The molecule has 8 heteroatoms. The first-order chi connectivity index (χ1) is 10.4. The van der Waals surface area contributed by atoms with Crippen LogP contribution in [0.3, 0.4) is 0 Å². The van der Waals surface area contributed by atoms with Gasteiger partial charge in [0, 0.05) is 45.0 Å². The first-order valence-electron chi connectivity index (χ1n) is 6.12. The summed E-state index contributed by atoms with van der Waals surface area (Å²) < 4.78 is 5.35. The molecule has 116 valence electrons. The topological polar surface area (TPSA) is 131 Å². The Bertz CT molecular complexity index is 962. The number of hydrogen-bond acceptors (Lipinski definition) is 7. The van der Waals surface area contributed by atoms with Crippen molar-refractivity contribution in [3.63, 3.8) is 0 Å². The van der Waals surface area contributed by atoms with Crippen molar-refractivity contribution in [3.05, 3.63) is 40.6 Å². The zero-order valence-electron chi connectivity index (χ0n) is 11.4. The molecule has 7 nitrogen and oxygen atoms in total. The third-order valence-electron chi connectivity index (χ3n) is 3.17. The van der Waals surface area contributed by atoms with Crippen molar-refractivity contribution in [3.8, 4) is 40.1 Å². The average Bonchev–Trinajstić information content (AvgIpc) is 2.45. The maximum atomic E-state index is 12.1. The molecule has 0 bridgehead atoms. The minimum atomic E-state index is -0.888. The van der Waals surface area contributed by atoms with E-state index >= 15 is 0 Å². The molecule has 0 amide bonds. The number of fused-ring (bicyclic) bond motifs is 1. The molecule has 3 rings (SSSR count). The van der Waals surface area contributed by atoms with Gasteiger partial charge >= 0.3 is 0 Å². The molecular formula is C15H10O7Pb. The molecule has 0 unspecified atom stereocenters. The number of phenolic OH excluding ortho intramolecular Hbond substituents is 4. The van der Waals surface area contributed by atoms with Crippen LogP contribution in [0.15, 0.2) is 39.5 Å².